The average molecular weight is 528 g/mol. The van der Waals surface area contributed by atoms with Crippen molar-refractivity contribution in [2.75, 3.05) is 50.9 Å². The number of aromatic nitrogens is 1. The normalized spacial score (nSPS) is 18.7. The number of carbonyl (C=O) groups is 1. The number of carboxylic acids is 1. The van der Waals surface area contributed by atoms with Crippen LogP contribution in [-0.4, -0.2) is 72.5 Å². The average Bonchev–Trinajstić information content (AvgIpc) is 2.84. The first-order valence-electron chi connectivity index (χ1n) is 11.9. The lowest BCUT2D eigenvalue weighted by Gasteiger charge is -2.50. The molecule has 1 aromatic carbocycles. The Kier molecular flexibility index (Phi) is 8.27. The van der Waals surface area contributed by atoms with E-state index in [-0.39, 0.29) is 12.0 Å². The van der Waals surface area contributed by atoms with Gasteiger partial charge in [0.25, 0.3) is 0 Å². The Labute approximate surface area is 212 Å². The molecule has 2 aliphatic rings. The van der Waals surface area contributed by atoms with Gasteiger partial charge in [0.2, 0.25) is 0 Å². The number of piperidine rings is 1. The van der Waals surface area contributed by atoms with Gasteiger partial charge >= 0.3 is 12.1 Å². The van der Waals surface area contributed by atoms with Crippen LogP contribution < -0.4 is 9.64 Å². The first kappa shape index (κ1) is 26.5. The number of carboxylic acid groups (broad SMARTS) is 1. The van der Waals surface area contributed by atoms with E-state index < -0.39 is 17.7 Å². The highest BCUT2D eigenvalue weighted by atomic mass is 35.5. The van der Waals surface area contributed by atoms with E-state index in [2.05, 4.69) is 9.88 Å². The van der Waals surface area contributed by atoms with Crippen LogP contribution >= 0.6 is 11.6 Å². The molecule has 0 atom stereocenters. The van der Waals surface area contributed by atoms with Crippen molar-refractivity contribution in [2.24, 2.45) is 0 Å². The summed E-state index contributed by atoms with van der Waals surface area (Å²) in [5.74, 6) is 0.130. The number of aliphatic carboxylic acids is 1. The summed E-state index contributed by atoms with van der Waals surface area (Å²) in [6.45, 7) is 4.66. The second-order valence-electron chi connectivity index (χ2n) is 9.18. The summed E-state index contributed by atoms with van der Waals surface area (Å²) in [4.78, 5) is 19.6. The van der Waals surface area contributed by atoms with Gasteiger partial charge in [-0.15, -0.1) is 0 Å². The fourth-order valence-electron chi connectivity index (χ4n) is 4.99. The summed E-state index contributed by atoms with van der Waals surface area (Å²) in [7, 11) is 0. The van der Waals surface area contributed by atoms with Crippen LogP contribution in [0.2, 0.25) is 5.02 Å². The van der Waals surface area contributed by atoms with Crippen LogP contribution in [0.15, 0.2) is 36.5 Å². The van der Waals surface area contributed by atoms with Crippen LogP contribution in [0.4, 0.5) is 19.0 Å². The van der Waals surface area contributed by atoms with Gasteiger partial charge in [0, 0.05) is 42.9 Å². The van der Waals surface area contributed by atoms with Crippen molar-refractivity contribution >= 4 is 23.4 Å². The maximum atomic E-state index is 12.9. The number of ether oxygens (including phenoxy) is 2. The minimum Gasteiger partial charge on any atom is -0.493 e. The Bertz CT molecular complexity index is 1040. The molecule has 2 fully saturated rings. The number of morpholine rings is 1. The van der Waals surface area contributed by atoms with E-state index in [0.717, 1.165) is 44.6 Å². The largest absolute Gasteiger partial charge is 0.493 e. The molecule has 36 heavy (non-hydrogen) atoms. The highest BCUT2D eigenvalue weighted by molar-refractivity contribution is 6.30. The van der Waals surface area contributed by atoms with Crippen LogP contribution in [0, 0.1) is 0 Å². The van der Waals surface area contributed by atoms with Gasteiger partial charge in [0.1, 0.15) is 11.6 Å². The SMILES string of the molecule is O=C(O)Cc1cc(Cl)cc(OCCC2(N3CCOCC3)CCN(c3ccc(C(F)(F)F)cn3)CC2)c1. The molecule has 0 unspecified atom stereocenters. The van der Waals surface area contributed by atoms with E-state index in [4.69, 9.17) is 26.2 Å². The molecule has 7 nitrogen and oxygen atoms in total. The van der Waals surface area contributed by atoms with Gasteiger partial charge in [0.05, 0.1) is 31.8 Å². The third kappa shape index (κ3) is 6.60. The van der Waals surface area contributed by atoms with Crippen molar-refractivity contribution in [3.63, 3.8) is 0 Å². The molecule has 0 saturated carbocycles. The van der Waals surface area contributed by atoms with Crippen molar-refractivity contribution in [3.8, 4) is 5.75 Å². The number of pyridine rings is 1. The monoisotopic (exact) mass is 527 g/mol. The smallest absolute Gasteiger partial charge is 0.417 e. The molecule has 0 spiro atoms. The van der Waals surface area contributed by atoms with E-state index in [1.54, 1.807) is 18.2 Å². The number of rotatable bonds is 8. The topological polar surface area (TPSA) is 75.1 Å². The Hall–Kier alpha value is -2.56. The third-order valence-electron chi connectivity index (χ3n) is 6.90. The van der Waals surface area contributed by atoms with Crippen LogP contribution in [0.5, 0.6) is 5.75 Å². The van der Waals surface area contributed by atoms with Gasteiger partial charge in [0.15, 0.2) is 0 Å². The second-order valence-corrected chi connectivity index (χ2v) is 9.61. The van der Waals surface area contributed by atoms with Gasteiger partial charge in [-0.2, -0.15) is 13.2 Å². The molecule has 1 N–H and O–H groups in total. The fourth-order valence-corrected chi connectivity index (χ4v) is 5.24. The number of nitrogens with zero attached hydrogens (tertiary/aromatic N) is 3. The van der Waals surface area contributed by atoms with Crippen molar-refractivity contribution in [2.45, 2.75) is 37.4 Å². The number of anilines is 1. The quantitative estimate of drug-likeness (QED) is 0.541. The van der Waals surface area contributed by atoms with E-state index >= 15 is 0 Å². The molecule has 196 valence electrons. The molecule has 4 rings (SSSR count). The molecule has 0 radical (unpaired) electrons. The Balaban J connectivity index is 1.42. The minimum atomic E-state index is -4.41. The number of benzene rings is 1. The number of hydrogen-bond acceptors (Lipinski definition) is 6. The minimum absolute atomic E-state index is 0.136. The zero-order chi connectivity index (χ0) is 25.8. The molecule has 3 heterocycles. The summed E-state index contributed by atoms with van der Waals surface area (Å²) < 4.78 is 50.3. The van der Waals surface area contributed by atoms with Crippen LogP contribution in [0.25, 0.3) is 0 Å². The lowest BCUT2D eigenvalue weighted by Crippen LogP contribution is -2.59. The predicted octanol–water partition coefficient (Wildman–Crippen LogP) is 4.52. The molecule has 0 aliphatic carbocycles. The number of halogens is 4. The zero-order valence-electron chi connectivity index (χ0n) is 19.8. The van der Waals surface area contributed by atoms with Gasteiger partial charge < -0.3 is 19.5 Å². The summed E-state index contributed by atoms with van der Waals surface area (Å²) in [5, 5.41) is 9.49. The third-order valence-corrected chi connectivity index (χ3v) is 7.12. The van der Waals surface area contributed by atoms with Crippen LogP contribution in [0.3, 0.4) is 0 Å². The van der Waals surface area contributed by atoms with E-state index in [1.165, 1.54) is 6.07 Å². The van der Waals surface area contributed by atoms with Crippen molar-refractivity contribution in [3.05, 3.63) is 52.7 Å². The Morgan fingerprint density at radius 3 is 2.47 bits per heavy atom. The maximum Gasteiger partial charge on any atom is 0.417 e. The second kappa shape index (κ2) is 11.2. The fraction of sp³-hybridized carbons (Fsp3) is 0.520. The standard InChI is InChI=1S/C25H29ClF3N3O4/c26-20-13-18(15-23(33)34)14-21(16-20)36-10-5-24(32-8-11-35-12-9-32)3-6-31(7-4-24)22-2-1-19(17-30-22)25(27,28)29/h1-2,13-14,16-17H,3-12,15H2,(H,33,34). The summed E-state index contributed by atoms with van der Waals surface area (Å²) in [6, 6.07) is 7.49. The van der Waals surface area contributed by atoms with Gasteiger partial charge in [-0.05, 0) is 55.2 Å². The molecule has 1 aromatic heterocycles. The molecular weight excluding hydrogens is 499 g/mol. The lowest BCUT2D eigenvalue weighted by molar-refractivity contribution is -0.138. The summed E-state index contributed by atoms with van der Waals surface area (Å²) >= 11 is 6.15. The maximum absolute atomic E-state index is 12.9. The van der Waals surface area contributed by atoms with Crippen LogP contribution in [0.1, 0.15) is 30.4 Å². The van der Waals surface area contributed by atoms with Gasteiger partial charge in [-0.25, -0.2) is 4.98 Å². The number of hydrogen-bond donors (Lipinski definition) is 1. The molecule has 2 saturated heterocycles. The van der Waals surface area contributed by atoms with Crippen molar-refractivity contribution in [1.29, 1.82) is 0 Å². The molecule has 2 aromatic rings. The van der Waals surface area contributed by atoms with Gasteiger partial charge in [-0.1, -0.05) is 11.6 Å². The molecule has 2 aliphatic heterocycles. The zero-order valence-corrected chi connectivity index (χ0v) is 20.5. The molecule has 0 amide bonds. The lowest BCUT2D eigenvalue weighted by atomic mass is 9.82. The highest BCUT2D eigenvalue weighted by Gasteiger charge is 2.41. The Morgan fingerprint density at radius 2 is 1.86 bits per heavy atom. The van der Waals surface area contributed by atoms with Crippen molar-refractivity contribution < 1.29 is 32.5 Å². The van der Waals surface area contributed by atoms with E-state index in [1.807, 2.05) is 4.90 Å². The molecular formula is C25H29ClF3N3O4. The van der Waals surface area contributed by atoms with E-state index in [0.29, 0.717) is 55.1 Å². The number of alkyl halides is 3. The van der Waals surface area contributed by atoms with Crippen molar-refractivity contribution in [1.82, 2.24) is 9.88 Å². The summed E-state index contributed by atoms with van der Waals surface area (Å²) in [6.07, 6.45) is -1.31. The van der Waals surface area contributed by atoms with E-state index in [9.17, 15) is 18.0 Å². The highest BCUT2D eigenvalue weighted by Crippen LogP contribution is 2.36. The van der Waals surface area contributed by atoms with Crippen LogP contribution in [-0.2, 0) is 22.1 Å². The first-order chi connectivity index (χ1) is 17.1. The predicted molar refractivity (Wildman–Crippen MR) is 129 cm³/mol. The first-order valence-corrected chi connectivity index (χ1v) is 12.3. The van der Waals surface area contributed by atoms with Gasteiger partial charge in [-0.3, -0.25) is 9.69 Å². The Morgan fingerprint density at radius 1 is 1.14 bits per heavy atom. The molecule has 11 heteroatoms. The molecule has 0 bridgehead atoms. The summed E-state index contributed by atoms with van der Waals surface area (Å²) in [5.41, 5.74) is -0.324.